The molecule has 0 saturated heterocycles. The van der Waals surface area contributed by atoms with Crippen LogP contribution in [0.1, 0.15) is 60.1 Å². The number of aliphatic hydroxyl groups is 1. The van der Waals surface area contributed by atoms with Crippen LogP contribution in [0.4, 0.5) is 19.0 Å². The van der Waals surface area contributed by atoms with E-state index >= 15 is 0 Å². The standard InChI is InChI=1S/C27H31F3N4O3/c28-27(29,30)37-22-4-2-1-3-20(22)25(36)34-6-5-19-21(14-34)32-15-33-24(19)31-13-23(35)26-10-16-7-17(11-26)9-18(8-16)12-26/h1-4,15-18,23,35H,5-14H2,(H,31,32,33). The Bertz CT molecular complexity index is 1150. The van der Waals surface area contributed by atoms with Crippen molar-refractivity contribution in [3.05, 3.63) is 47.4 Å². The van der Waals surface area contributed by atoms with Crippen molar-refractivity contribution in [2.75, 3.05) is 18.4 Å². The van der Waals surface area contributed by atoms with Gasteiger partial charge in [0.05, 0.1) is 23.9 Å². The van der Waals surface area contributed by atoms with E-state index in [1.807, 2.05) is 0 Å². The number of halogens is 3. The molecule has 2 N–H and O–H groups in total. The molecule has 0 radical (unpaired) electrons. The number of aromatic nitrogens is 2. The maximum atomic E-state index is 13.1. The molecule has 4 saturated carbocycles. The monoisotopic (exact) mass is 516 g/mol. The molecular weight excluding hydrogens is 485 g/mol. The van der Waals surface area contributed by atoms with Gasteiger partial charge in [-0.15, -0.1) is 13.2 Å². The number of aliphatic hydroxyl groups excluding tert-OH is 1. The first-order valence-corrected chi connectivity index (χ1v) is 13.1. The zero-order valence-corrected chi connectivity index (χ0v) is 20.5. The van der Waals surface area contributed by atoms with Crippen LogP contribution in [0.5, 0.6) is 5.75 Å². The Morgan fingerprint density at radius 1 is 1.14 bits per heavy atom. The van der Waals surface area contributed by atoms with Gasteiger partial charge < -0.3 is 20.1 Å². The fourth-order valence-corrected chi connectivity index (χ4v) is 7.70. The van der Waals surface area contributed by atoms with Gasteiger partial charge in [-0.25, -0.2) is 9.97 Å². The Morgan fingerprint density at radius 2 is 1.81 bits per heavy atom. The smallest absolute Gasteiger partial charge is 0.405 e. The molecule has 37 heavy (non-hydrogen) atoms. The number of amides is 1. The summed E-state index contributed by atoms with van der Waals surface area (Å²) in [5.74, 6) is 1.85. The predicted molar refractivity (Wildman–Crippen MR) is 129 cm³/mol. The highest BCUT2D eigenvalue weighted by Gasteiger charge is 2.53. The van der Waals surface area contributed by atoms with Gasteiger partial charge in [-0.05, 0) is 80.2 Å². The van der Waals surface area contributed by atoms with Gasteiger partial charge in [0, 0.05) is 18.7 Å². The molecule has 4 fully saturated rings. The predicted octanol–water partition coefficient (Wildman–Crippen LogP) is 4.56. The minimum atomic E-state index is -4.89. The molecule has 4 bridgehead atoms. The molecule has 1 amide bonds. The molecule has 1 aromatic heterocycles. The third kappa shape index (κ3) is 4.76. The minimum absolute atomic E-state index is 0.00391. The number of ether oxygens (including phenoxy) is 1. The van der Waals surface area contributed by atoms with Crippen molar-refractivity contribution in [2.24, 2.45) is 23.2 Å². The number of fused-ring (bicyclic) bond motifs is 1. The van der Waals surface area contributed by atoms with Crippen molar-refractivity contribution in [2.45, 2.75) is 64.0 Å². The number of anilines is 1. The Hall–Kier alpha value is -2.88. The fourth-order valence-electron chi connectivity index (χ4n) is 7.70. The van der Waals surface area contributed by atoms with Crippen molar-refractivity contribution < 1.29 is 27.8 Å². The number of alkyl halides is 3. The highest BCUT2D eigenvalue weighted by molar-refractivity contribution is 5.97. The fraction of sp³-hybridized carbons (Fsp3) is 0.593. The summed E-state index contributed by atoms with van der Waals surface area (Å²) in [6, 6.07) is 5.37. The summed E-state index contributed by atoms with van der Waals surface area (Å²) in [6.07, 6.45) is 3.84. The largest absolute Gasteiger partial charge is 0.573 e. The quantitative estimate of drug-likeness (QED) is 0.585. The first-order chi connectivity index (χ1) is 17.7. The minimum Gasteiger partial charge on any atom is -0.405 e. The number of rotatable bonds is 6. The summed E-state index contributed by atoms with van der Waals surface area (Å²) in [6.45, 7) is 0.884. The molecule has 7 rings (SSSR count). The third-order valence-electron chi connectivity index (χ3n) is 8.89. The van der Waals surface area contributed by atoms with Crippen LogP contribution in [-0.2, 0) is 13.0 Å². The van der Waals surface area contributed by atoms with Gasteiger partial charge in [0.25, 0.3) is 5.91 Å². The molecule has 4 aliphatic carbocycles. The summed E-state index contributed by atoms with van der Waals surface area (Å²) in [5, 5.41) is 14.6. The number of benzene rings is 1. The number of carbonyl (C=O) groups is 1. The van der Waals surface area contributed by atoms with E-state index in [1.54, 1.807) is 0 Å². The lowest BCUT2D eigenvalue weighted by Gasteiger charge is -2.58. The second-order valence-electron chi connectivity index (χ2n) is 11.3. The summed E-state index contributed by atoms with van der Waals surface area (Å²) in [5.41, 5.74) is 1.39. The summed E-state index contributed by atoms with van der Waals surface area (Å²) >= 11 is 0. The lowest BCUT2D eigenvalue weighted by atomic mass is 9.48. The molecule has 1 aliphatic heterocycles. The maximum Gasteiger partial charge on any atom is 0.573 e. The first kappa shape index (κ1) is 24.5. The van der Waals surface area contributed by atoms with E-state index in [4.69, 9.17) is 0 Å². The van der Waals surface area contributed by atoms with Crippen LogP contribution in [-0.4, -0.2) is 51.4 Å². The van der Waals surface area contributed by atoms with Crippen molar-refractivity contribution in [1.82, 2.24) is 14.9 Å². The van der Waals surface area contributed by atoms with Crippen molar-refractivity contribution in [1.29, 1.82) is 0 Å². The van der Waals surface area contributed by atoms with Crippen LogP contribution >= 0.6 is 0 Å². The van der Waals surface area contributed by atoms with E-state index in [-0.39, 0.29) is 17.5 Å². The van der Waals surface area contributed by atoms with E-state index < -0.39 is 24.1 Å². The molecule has 7 nitrogen and oxygen atoms in total. The molecular formula is C27H31F3N4O3. The van der Waals surface area contributed by atoms with Gasteiger partial charge >= 0.3 is 6.36 Å². The number of nitrogens with zero attached hydrogens (tertiary/aromatic N) is 3. The number of para-hydroxylation sites is 1. The average molecular weight is 517 g/mol. The van der Waals surface area contributed by atoms with Gasteiger partial charge in [0.2, 0.25) is 0 Å². The first-order valence-electron chi connectivity index (χ1n) is 13.1. The van der Waals surface area contributed by atoms with E-state index in [9.17, 15) is 23.1 Å². The second kappa shape index (κ2) is 9.15. The van der Waals surface area contributed by atoms with Crippen molar-refractivity contribution in [3.63, 3.8) is 0 Å². The molecule has 2 aromatic rings. The van der Waals surface area contributed by atoms with Crippen LogP contribution < -0.4 is 10.1 Å². The average Bonchev–Trinajstić information content (AvgIpc) is 2.85. The summed E-state index contributed by atoms with van der Waals surface area (Å²) in [4.78, 5) is 23.3. The highest BCUT2D eigenvalue weighted by Crippen LogP contribution is 2.61. The van der Waals surface area contributed by atoms with Gasteiger partial charge in [0.1, 0.15) is 17.9 Å². The molecule has 1 unspecified atom stereocenters. The number of hydrogen-bond donors (Lipinski definition) is 2. The Balaban J connectivity index is 1.14. The lowest BCUT2D eigenvalue weighted by Crippen LogP contribution is -2.53. The maximum absolute atomic E-state index is 13.1. The van der Waals surface area contributed by atoms with Crippen LogP contribution in [0.3, 0.4) is 0 Å². The number of hydrogen-bond acceptors (Lipinski definition) is 6. The Labute approximate surface area is 213 Å². The molecule has 2 heterocycles. The molecule has 1 atom stereocenters. The highest BCUT2D eigenvalue weighted by atomic mass is 19.4. The van der Waals surface area contributed by atoms with E-state index in [1.165, 1.54) is 48.7 Å². The summed E-state index contributed by atoms with van der Waals surface area (Å²) < 4.78 is 42.5. The molecule has 1 aromatic carbocycles. The van der Waals surface area contributed by atoms with Crippen molar-refractivity contribution in [3.8, 4) is 5.75 Å². The second-order valence-corrected chi connectivity index (χ2v) is 11.3. The molecule has 198 valence electrons. The van der Waals surface area contributed by atoms with Crippen LogP contribution in [0, 0.1) is 23.2 Å². The van der Waals surface area contributed by atoms with Gasteiger partial charge in [0.15, 0.2) is 0 Å². The normalized spacial score (nSPS) is 29.1. The zero-order valence-electron chi connectivity index (χ0n) is 20.5. The molecule has 0 spiro atoms. The topological polar surface area (TPSA) is 87.6 Å². The Morgan fingerprint density at radius 3 is 2.49 bits per heavy atom. The van der Waals surface area contributed by atoms with Crippen LogP contribution in [0.15, 0.2) is 30.6 Å². The van der Waals surface area contributed by atoms with E-state index in [2.05, 4.69) is 20.0 Å². The molecule has 5 aliphatic rings. The van der Waals surface area contributed by atoms with Gasteiger partial charge in [-0.3, -0.25) is 4.79 Å². The molecule has 10 heteroatoms. The van der Waals surface area contributed by atoms with Crippen LogP contribution in [0.2, 0.25) is 0 Å². The summed E-state index contributed by atoms with van der Waals surface area (Å²) in [7, 11) is 0. The SMILES string of the molecule is O=C(c1ccccc1OC(F)(F)F)N1CCc2c(ncnc2NCC(O)C23CC4CC(CC(C4)C2)C3)C1. The zero-order chi connectivity index (χ0) is 25.8. The van der Waals surface area contributed by atoms with E-state index in [0.29, 0.717) is 31.0 Å². The van der Waals surface area contributed by atoms with Gasteiger partial charge in [-0.2, -0.15) is 0 Å². The van der Waals surface area contributed by atoms with Crippen molar-refractivity contribution >= 4 is 11.7 Å². The lowest BCUT2D eigenvalue weighted by molar-refractivity contribution is -0.274. The Kier molecular flexibility index (Phi) is 6.05. The third-order valence-corrected chi connectivity index (χ3v) is 8.89. The number of nitrogens with one attached hydrogen (secondary N) is 1. The van der Waals surface area contributed by atoms with E-state index in [0.717, 1.165) is 48.6 Å². The van der Waals surface area contributed by atoms with Crippen LogP contribution in [0.25, 0.3) is 0 Å². The van der Waals surface area contributed by atoms with Gasteiger partial charge in [-0.1, -0.05) is 12.1 Å². The number of carbonyl (C=O) groups excluding carboxylic acids is 1.